The average molecular weight is 259 g/mol. The standard InChI is InChI=1S/C15H18FN3/c1-10(8-11-2-4-12(16)5-3-11)19-13-6-7-14(17)15(18)9-13/h2-7,9-10,19H,8,17-18H2,1H3. The van der Waals surface area contributed by atoms with Gasteiger partial charge in [-0.25, -0.2) is 4.39 Å². The minimum Gasteiger partial charge on any atom is -0.397 e. The first-order valence-corrected chi connectivity index (χ1v) is 6.20. The summed E-state index contributed by atoms with van der Waals surface area (Å²) in [4.78, 5) is 0. The van der Waals surface area contributed by atoms with Gasteiger partial charge >= 0.3 is 0 Å². The lowest BCUT2D eigenvalue weighted by Gasteiger charge is -2.16. The van der Waals surface area contributed by atoms with Gasteiger partial charge in [-0.2, -0.15) is 0 Å². The summed E-state index contributed by atoms with van der Waals surface area (Å²) in [5, 5.41) is 3.34. The number of nitrogen functional groups attached to an aromatic ring is 2. The van der Waals surface area contributed by atoms with Crippen LogP contribution in [-0.4, -0.2) is 6.04 Å². The minimum absolute atomic E-state index is 0.212. The lowest BCUT2D eigenvalue weighted by atomic mass is 10.1. The highest BCUT2D eigenvalue weighted by Gasteiger charge is 2.05. The highest BCUT2D eigenvalue weighted by molar-refractivity contribution is 5.69. The summed E-state index contributed by atoms with van der Waals surface area (Å²) < 4.78 is 12.8. The van der Waals surface area contributed by atoms with Crippen molar-refractivity contribution in [3.63, 3.8) is 0 Å². The Morgan fingerprint density at radius 2 is 1.74 bits per heavy atom. The Kier molecular flexibility index (Phi) is 3.90. The quantitative estimate of drug-likeness (QED) is 0.739. The minimum atomic E-state index is -0.212. The Hall–Kier alpha value is -2.23. The summed E-state index contributed by atoms with van der Waals surface area (Å²) in [5.74, 6) is -0.212. The fraction of sp³-hybridized carbons (Fsp3) is 0.200. The monoisotopic (exact) mass is 259 g/mol. The maximum Gasteiger partial charge on any atom is 0.123 e. The summed E-state index contributed by atoms with van der Waals surface area (Å²) in [6.07, 6.45) is 0.810. The average Bonchev–Trinajstić information content (AvgIpc) is 2.37. The molecule has 2 aromatic carbocycles. The van der Waals surface area contributed by atoms with Crippen molar-refractivity contribution in [3.8, 4) is 0 Å². The number of anilines is 3. The van der Waals surface area contributed by atoms with Gasteiger partial charge in [0, 0.05) is 11.7 Å². The number of nitrogens with two attached hydrogens (primary N) is 2. The predicted molar refractivity (Wildman–Crippen MR) is 78.5 cm³/mol. The zero-order chi connectivity index (χ0) is 13.8. The van der Waals surface area contributed by atoms with Gasteiger partial charge in [-0.3, -0.25) is 0 Å². The van der Waals surface area contributed by atoms with Crippen molar-refractivity contribution < 1.29 is 4.39 Å². The molecule has 19 heavy (non-hydrogen) atoms. The molecule has 1 unspecified atom stereocenters. The molecule has 0 heterocycles. The Balaban J connectivity index is 1.98. The second-order valence-electron chi connectivity index (χ2n) is 4.72. The first-order valence-electron chi connectivity index (χ1n) is 6.20. The van der Waals surface area contributed by atoms with Gasteiger partial charge < -0.3 is 16.8 Å². The molecule has 0 aliphatic rings. The first-order chi connectivity index (χ1) is 9.04. The van der Waals surface area contributed by atoms with Crippen LogP contribution in [0.15, 0.2) is 42.5 Å². The van der Waals surface area contributed by atoms with E-state index < -0.39 is 0 Å². The fourth-order valence-corrected chi connectivity index (χ4v) is 1.97. The van der Waals surface area contributed by atoms with Crippen LogP contribution in [0.1, 0.15) is 12.5 Å². The molecule has 0 saturated heterocycles. The van der Waals surface area contributed by atoms with Crippen molar-refractivity contribution in [1.29, 1.82) is 0 Å². The van der Waals surface area contributed by atoms with Gasteiger partial charge in [-0.1, -0.05) is 12.1 Å². The van der Waals surface area contributed by atoms with Crippen LogP contribution in [-0.2, 0) is 6.42 Å². The van der Waals surface area contributed by atoms with Gasteiger partial charge in [0.2, 0.25) is 0 Å². The predicted octanol–water partition coefficient (Wildman–Crippen LogP) is 3.03. The molecule has 4 heteroatoms. The summed E-state index contributed by atoms with van der Waals surface area (Å²) in [6, 6.07) is 12.3. The molecule has 2 aromatic rings. The molecule has 0 aliphatic carbocycles. The van der Waals surface area contributed by atoms with E-state index in [0.29, 0.717) is 11.4 Å². The van der Waals surface area contributed by atoms with E-state index in [0.717, 1.165) is 17.7 Å². The van der Waals surface area contributed by atoms with Crippen LogP contribution in [0, 0.1) is 5.82 Å². The van der Waals surface area contributed by atoms with Crippen LogP contribution in [0.5, 0.6) is 0 Å². The lowest BCUT2D eigenvalue weighted by Crippen LogP contribution is -2.18. The van der Waals surface area contributed by atoms with Gasteiger partial charge in [0.05, 0.1) is 11.4 Å². The molecule has 0 amide bonds. The number of hydrogen-bond donors (Lipinski definition) is 3. The summed E-state index contributed by atoms with van der Waals surface area (Å²) >= 11 is 0. The summed E-state index contributed by atoms with van der Waals surface area (Å²) in [7, 11) is 0. The van der Waals surface area contributed by atoms with E-state index in [9.17, 15) is 4.39 Å². The topological polar surface area (TPSA) is 64.1 Å². The molecule has 0 radical (unpaired) electrons. The molecule has 5 N–H and O–H groups in total. The van der Waals surface area contributed by atoms with Crippen LogP contribution in [0.3, 0.4) is 0 Å². The van der Waals surface area contributed by atoms with Crippen molar-refractivity contribution in [3.05, 3.63) is 53.8 Å². The number of hydrogen-bond acceptors (Lipinski definition) is 3. The van der Waals surface area contributed by atoms with E-state index in [4.69, 9.17) is 11.5 Å². The third-order valence-corrected chi connectivity index (χ3v) is 2.95. The van der Waals surface area contributed by atoms with E-state index in [1.165, 1.54) is 12.1 Å². The second-order valence-corrected chi connectivity index (χ2v) is 4.72. The van der Waals surface area contributed by atoms with E-state index in [-0.39, 0.29) is 11.9 Å². The van der Waals surface area contributed by atoms with Gasteiger partial charge in [0.15, 0.2) is 0 Å². The van der Waals surface area contributed by atoms with Gasteiger partial charge in [-0.15, -0.1) is 0 Å². The van der Waals surface area contributed by atoms with E-state index in [1.54, 1.807) is 18.2 Å². The maximum atomic E-state index is 12.8. The van der Waals surface area contributed by atoms with Crippen molar-refractivity contribution in [2.24, 2.45) is 0 Å². The molecule has 1 atom stereocenters. The van der Waals surface area contributed by atoms with E-state index >= 15 is 0 Å². The summed E-state index contributed by atoms with van der Waals surface area (Å²) in [5.41, 5.74) is 14.6. The summed E-state index contributed by atoms with van der Waals surface area (Å²) in [6.45, 7) is 2.07. The Bertz CT molecular complexity index is 552. The Labute approximate surface area is 112 Å². The largest absolute Gasteiger partial charge is 0.397 e. The van der Waals surface area contributed by atoms with Gasteiger partial charge in [0.1, 0.15) is 5.82 Å². The highest BCUT2D eigenvalue weighted by Crippen LogP contribution is 2.20. The number of halogens is 1. The lowest BCUT2D eigenvalue weighted by molar-refractivity contribution is 0.626. The third kappa shape index (κ3) is 3.61. The van der Waals surface area contributed by atoms with E-state index in [1.807, 2.05) is 12.1 Å². The third-order valence-electron chi connectivity index (χ3n) is 2.95. The van der Waals surface area contributed by atoms with Crippen molar-refractivity contribution in [1.82, 2.24) is 0 Å². The van der Waals surface area contributed by atoms with Crippen LogP contribution in [0.25, 0.3) is 0 Å². The number of benzene rings is 2. The molecule has 100 valence electrons. The van der Waals surface area contributed by atoms with E-state index in [2.05, 4.69) is 12.2 Å². The van der Waals surface area contributed by atoms with Crippen molar-refractivity contribution in [2.45, 2.75) is 19.4 Å². The van der Waals surface area contributed by atoms with Crippen molar-refractivity contribution in [2.75, 3.05) is 16.8 Å². The van der Waals surface area contributed by atoms with Gasteiger partial charge in [-0.05, 0) is 49.2 Å². The van der Waals surface area contributed by atoms with Crippen LogP contribution in [0.4, 0.5) is 21.5 Å². The fourth-order valence-electron chi connectivity index (χ4n) is 1.97. The van der Waals surface area contributed by atoms with Gasteiger partial charge in [0.25, 0.3) is 0 Å². The van der Waals surface area contributed by atoms with Crippen LogP contribution in [0.2, 0.25) is 0 Å². The SMILES string of the molecule is CC(Cc1ccc(F)cc1)Nc1ccc(N)c(N)c1. The molecule has 3 nitrogen and oxygen atoms in total. The number of rotatable bonds is 4. The number of nitrogens with one attached hydrogen (secondary N) is 1. The first kappa shape index (κ1) is 13.2. The molecule has 0 saturated carbocycles. The second kappa shape index (κ2) is 5.61. The van der Waals surface area contributed by atoms with Crippen molar-refractivity contribution >= 4 is 17.1 Å². The molecule has 0 aliphatic heterocycles. The smallest absolute Gasteiger partial charge is 0.123 e. The Morgan fingerprint density at radius 1 is 1.05 bits per heavy atom. The normalized spacial score (nSPS) is 12.1. The molecule has 2 rings (SSSR count). The molecule has 0 spiro atoms. The highest BCUT2D eigenvalue weighted by atomic mass is 19.1. The molecule has 0 aromatic heterocycles. The molecule has 0 bridgehead atoms. The maximum absolute atomic E-state index is 12.8. The molecule has 0 fully saturated rings. The molecular weight excluding hydrogens is 241 g/mol. The van der Waals surface area contributed by atoms with Crippen LogP contribution < -0.4 is 16.8 Å². The zero-order valence-corrected chi connectivity index (χ0v) is 10.9. The Morgan fingerprint density at radius 3 is 2.37 bits per heavy atom. The zero-order valence-electron chi connectivity index (χ0n) is 10.9. The molecular formula is C15H18FN3. The van der Waals surface area contributed by atoms with Crippen LogP contribution >= 0.6 is 0 Å².